The summed E-state index contributed by atoms with van der Waals surface area (Å²) in [5, 5.41) is 6.22. The van der Waals surface area contributed by atoms with Crippen LogP contribution >= 0.6 is 0 Å². The Morgan fingerprint density at radius 3 is 2.52 bits per heavy atom. The Morgan fingerprint density at radius 1 is 1.09 bits per heavy atom. The molecular formula is C23H25F3N4O3. The molecule has 0 aliphatic carbocycles. The summed E-state index contributed by atoms with van der Waals surface area (Å²) < 4.78 is 48.0. The molecule has 0 amide bonds. The highest BCUT2D eigenvalue weighted by molar-refractivity contribution is 5.55. The largest absolute Gasteiger partial charge is 0.573 e. The minimum atomic E-state index is -4.72. The second kappa shape index (κ2) is 10.3. The first-order valence-electron chi connectivity index (χ1n) is 10.7. The normalized spacial score (nSPS) is 16.8. The van der Waals surface area contributed by atoms with Gasteiger partial charge in [0.05, 0.1) is 18.4 Å². The van der Waals surface area contributed by atoms with Crippen LogP contribution in [0.4, 0.5) is 13.2 Å². The number of hydrogen-bond donors (Lipinski definition) is 0. The van der Waals surface area contributed by atoms with Gasteiger partial charge in [0, 0.05) is 25.8 Å². The molecule has 0 bridgehead atoms. The van der Waals surface area contributed by atoms with Gasteiger partial charge in [0.15, 0.2) is 5.82 Å². The Morgan fingerprint density at radius 2 is 1.85 bits per heavy atom. The molecule has 0 spiro atoms. The molecule has 33 heavy (non-hydrogen) atoms. The van der Waals surface area contributed by atoms with Crippen molar-refractivity contribution in [1.82, 2.24) is 19.8 Å². The second-order valence-electron chi connectivity index (χ2n) is 7.82. The maximum atomic E-state index is 12.3. The third-order valence-electron chi connectivity index (χ3n) is 5.20. The van der Waals surface area contributed by atoms with Crippen molar-refractivity contribution in [3.63, 3.8) is 0 Å². The highest BCUT2D eigenvalue weighted by Gasteiger charge is 2.31. The lowest BCUT2D eigenvalue weighted by Gasteiger charge is -2.25. The van der Waals surface area contributed by atoms with Gasteiger partial charge >= 0.3 is 6.36 Å². The highest BCUT2D eigenvalue weighted by atomic mass is 19.4. The lowest BCUT2D eigenvalue weighted by atomic mass is 10.1. The first-order chi connectivity index (χ1) is 15.9. The minimum Gasteiger partial charge on any atom is -0.406 e. The summed E-state index contributed by atoms with van der Waals surface area (Å²) >= 11 is 0. The lowest BCUT2D eigenvalue weighted by molar-refractivity contribution is -0.274. The van der Waals surface area contributed by atoms with Crippen LogP contribution in [0.3, 0.4) is 0 Å². The summed E-state index contributed by atoms with van der Waals surface area (Å²) in [6.07, 6.45) is 0.290. The molecule has 1 fully saturated rings. The molecule has 176 valence electrons. The van der Waals surface area contributed by atoms with Crippen LogP contribution < -0.4 is 4.74 Å². The third-order valence-corrected chi connectivity index (χ3v) is 5.20. The van der Waals surface area contributed by atoms with E-state index < -0.39 is 6.36 Å². The number of alkyl halides is 3. The van der Waals surface area contributed by atoms with E-state index in [1.54, 1.807) is 5.06 Å². The molecular weight excluding hydrogens is 437 g/mol. The van der Waals surface area contributed by atoms with Gasteiger partial charge in [-0.2, -0.15) is 5.06 Å². The van der Waals surface area contributed by atoms with E-state index in [0.717, 1.165) is 30.6 Å². The quantitative estimate of drug-likeness (QED) is 0.450. The van der Waals surface area contributed by atoms with Gasteiger partial charge in [0.1, 0.15) is 12.1 Å². The monoisotopic (exact) mass is 462 g/mol. The summed E-state index contributed by atoms with van der Waals surface area (Å²) in [6, 6.07) is 13.2. The van der Waals surface area contributed by atoms with Crippen molar-refractivity contribution in [3.8, 4) is 22.8 Å². The number of aromatic nitrogens is 3. The number of hydrogen-bond acceptors (Lipinski definition) is 6. The Bertz CT molecular complexity index is 1020. The van der Waals surface area contributed by atoms with Crippen molar-refractivity contribution in [1.29, 1.82) is 0 Å². The molecule has 1 aromatic heterocycles. The van der Waals surface area contributed by atoms with E-state index in [0.29, 0.717) is 24.7 Å². The van der Waals surface area contributed by atoms with Gasteiger partial charge in [0.2, 0.25) is 0 Å². The van der Waals surface area contributed by atoms with E-state index in [-0.39, 0.29) is 11.9 Å². The molecule has 1 atom stereocenters. The second-order valence-corrected chi connectivity index (χ2v) is 7.82. The molecule has 2 heterocycles. The maximum absolute atomic E-state index is 12.3. The summed E-state index contributed by atoms with van der Waals surface area (Å²) in [4.78, 5) is 10.1. The van der Waals surface area contributed by atoms with Gasteiger partial charge in [-0.3, -0.25) is 4.84 Å². The van der Waals surface area contributed by atoms with Crippen LogP contribution in [0, 0.1) is 0 Å². The van der Waals surface area contributed by atoms with Crippen molar-refractivity contribution in [2.45, 2.75) is 38.3 Å². The molecule has 1 saturated heterocycles. The Hall–Kier alpha value is -2.95. The molecule has 1 aliphatic heterocycles. The fourth-order valence-corrected chi connectivity index (χ4v) is 3.53. The van der Waals surface area contributed by atoms with Gasteiger partial charge in [-0.25, -0.2) is 9.67 Å². The van der Waals surface area contributed by atoms with E-state index in [4.69, 9.17) is 9.57 Å². The SMILES string of the molecule is CN(Cc1ccc(-c2ncn(-c3ccc(OC(F)(F)F)cc3)n2)cc1)OCC1CCCCO1. The van der Waals surface area contributed by atoms with Crippen LogP contribution in [-0.4, -0.2) is 52.6 Å². The first-order valence-corrected chi connectivity index (χ1v) is 10.7. The minimum absolute atomic E-state index is 0.165. The van der Waals surface area contributed by atoms with Crippen LogP contribution in [0.15, 0.2) is 54.9 Å². The van der Waals surface area contributed by atoms with E-state index in [1.165, 1.54) is 41.7 Å². The Kier molecular flexibility index (Phi) is 7.26. The van der Waals surface area contributed by atoms with Crippen molar-refractivity contribution >= 4 is 0 Å². The zero-order valence-corrected chi connectivity index (χ0v) is 18.2. The van der Waals surface area contributed by atoms with Crippen LogP contribution in [0.5, 0.6) is 5.75 Å². The number of halogens is 3. The zero-order valence-electron chi connectivity index (χ0n) is 18.2. The predicted octanol–water partition coefficient (Wildman–Crippen LogP) is 4.77. The van der Waals surface area contributed by atoms with Crippen LogP contribution in [0.25, 0.3) is 17.1 Å². The summed E-state index contributed by atoms with van der Waals surface area (Å²) in [5.74, 6) is 0.221. The van der Waals surface area contributed by atoms with Gasteiger partial charge < -0.3 is 9.47 Å². The van der Waals surface area contributed by atoms with Crippen LogP contribution in [-0.2, 0) is 16.1 Å². The molecule has 10 heteroatoms. The number of benzene rings is 2. The number of ether oxygens (including phenoxy) is 2. The number of rotatable bonds is 8. The van der Waals surface area contributed by atoms with Crippen molar-refractivity contribution < 1.29 is 27.5 Å². The van der Waals surface area contributed by atoms with Crippen LogP contribution in [0.2, 0.25) is 0 Å². The summed E-state index contributed by atoms with van der Waals surface area (Å²) in [5.41, 5.74) is 2.47. The topological polar surface area (TPSA) is 61.6 Å². The number of hydroxylamine groups is 2. The van der Waals surface area contributed by atoms with Gasteiger partial charge in [-0.1, -0.05) is 24.3 Å². The van der Waals surface area contributed by atoms with E-state index >= 15 is 0 Å². The standard InChI is InChI=1S/C23H25F3N4O3/c1-29(32-15-21-4-2-3-13-31-21)14-17-5-7-18(8-6-17)22-27-16-30(28-22)19-9-11-20(12-10-19)33-23(24,25)26/h5-12,16,21H,2-4,13-15H2,1H3. The summed E-state index contributed by atoms with van der Waals surface area (Å²) in [6.45, 7) is 1.99. The summed E-state index contributed by atoms with van der Waals surface area (Å²) in [7, 11) is 1.89. The van der Waals surface area contributed by atoms with Gasteiger partial charge in [-0.15, -0.1) is 18.3 Å². The molecule has 1 unspecified atom stereocenters. The molecule has 0 N–H and O–H groups in total. The molecule has 7 nitrogen and oxygen atoms in total. The predicted molar refractivity (Wildman–Crippen MR) is 114 cm³/mol. The Balaban J connectivity index is 1.32. The van der Waals surface area contributed by atoms with E-state index in [1.807, 2.05) is 31.3 Å². The maximum Gasteiger partial charge on any atom is 0.573 e. The van der Waals surface area contributed by atoms with Crippen molar-refractivity contribution in [2.75, 3.05) is 20.3 Å². The molecule has 4 rings (SSSR count). The first kappa shape index (κ1) is 23.2. The molecule has 0 saturated carbocycles. The van der Waals surface area contributed by atoms with Crippen molar-refractivity contribution in [2.24, 2.45) is 0 Å². The number of nitrogens with zero attached hydrogens (tertiary/aromatic N) is 4. The van der Waals surface area contributed by atoms with E-state index in [9.17, 15) is 13.2 Å². The average Bonchev–Trinajstić information content (AvgIpc) is 3.29. The Labute approximate surface area is 189 Å². The average molecular weight is 462 g/mol. The van der Waals surface area contributed by atoms with Gasteiger partial charge in [0.25, 0.3) is 0 Å². The molecule has 3 aromatic rings. The lowest BCUT2D eigenvalue weighted by Crippen LogP contribution is -2.29. The molecule has 2 aromatic carbocycles. The van der Waals surface area contributed by atoms with E-state index in [2.05, 4.69) is 14.8 Å². The van der Waals surface area contributed by atoms with Crippen molar-refractivity contribution in [3.05, 3.63) is 60.4 Å². The fourth-order valence-electron chi connectivity index (χ4n) is 3.53. The smallest absolute Gasteiger partial charge is 0.406 e. The zero-order chi connectivity index (χ0) is 23.3. The molecule has 1 aliphatic rings. The fraction of sp³-hybridized carbons (Fsp3) is 0.391. The van der Waals surface area contributed by atoms with Gasteiger partial charge in [-0.05, 0) is 49.1 Å². The highest BCUT2D eigenvalue weighted by Crippen LogP contribution is 2.24. The van der Waals surface area contributed by atoms with Crippen LogP contribution in [0.1, 0.15) is 24.8 Å². The third kappa shape index (κ3) is 6.77. The molecule has 0 radical (unpaired) electrons.